The van der Waals surface area contributed by atoms with Crippen molar-refractivity contribution in [3.8, 4) is 0 Å². The molecule has 1 saturated carbocycles. The fraction of sp³-hybridized carbons (Fsp3) is 0.167. The van der Waals surface area contributed by atoms with Crippen molar-refractivity contribution in [2.45, 2.75) is 12.3 Å². The standard InChI is InChI=1S/C18H17N3O3S/c22-16(9-8-13-7-4-10-24-13)19-18(25)21-20-17(23)15-11-14(15)12-5-2-1-3-6-12/h1-10,14-15H,11H2,(H,20,23)(H2,19,21,22,25)/t14-,15+/m1/s1. The van der Waals surface area contributed by atoms with Crippen molar-refractivity contribution < 1.29 is 14.0 Å². The van der Waals surface area contributed by atoms with Crippen molar-refractivity contribution in [1.82, 2.24) is 16.2 Å². The zero-order valence-corrected chi connectivity index (χ0v) is 14.1. The van der Waals surface area contributed by atoms with Crippen molar-refractivity contribution in [3.63, 3.8) is 0 Å². The molecule has 0 bridgehead atoms. The SMILES string of the molecule is O=C(C=Cc1ccco1)NC(=S)NNC(=O)[C@H]1C[C@@H]1c1ccccc1. The molecule has 7 heteroatoms. The Labute approximate surface area is 150 Å². The number of furan rings is 1. The lowest BCUT2D eigenvalue weighted by molar-refractivity contribution is -0.123. The molecule has 2 aromatic rings. The molecule has 0 unspecified atom stereocenters. The predicted molar refractivity (Wildman–Crippen MR) is 97.1 cm³/mol. The molecule has 0 radical (unpaired) electrons. The zero-order valence-electron chi connectivity index (χ0n) is 13.3. The van der Waals surface area contributed by atoms with Gasteiger partial charge in [-0.15, -0.1) is 0 Å². The topological polar surface area (TPSA) is 83.4 Å². The molecule has 1 aromatic heterocycles. The van der Waals surface area contributed by atoms with Crippen LogP contribution in [0.2, 0.25) is 0 Å². The van der Waals surface area contributed by atoms with E-state index in [0.717, 1.165) is 12.0 Å². The first-order chi connectivity index (χ1) is 12.1. The minimum Gasteiger partial charge on any atom is -0.465 e. The number of hydrazine groups is 1. The summed E-state index contributed by atoms with van der Waals surface area (Å²) < 4.78 is 5.08. The smallest absolute Gasteiger partial charge is 0.250 e. The third-order valence-corrected chi connectivity index (χ3v) is 4.04. The second-order valence-corrected chi connectivity index (χ2v) is 6.05. The van der Waals surface area contributed by atoms with E-state index < -0.39 is 5.91 Å². The van der Waals surface area contributed by atoms with Crippen molar-refractivity contribution in [2.24, 2.45) is 5.92 Å². The molecule has 0 aliphatic heterocycles. The fourth-order valence-corrected chi connectivity index (χ4v) is 2.64. The summed E-state index contributed by atoms with van der Waals surface area (Å²) in [4.78, 5) is 23.8. The summed E-state index contributed by atoms with van der Waals surface area (Å²) in [7, 11) is 0. The average molecular weight is 355 g/mol. The first kappa shape index (κ1) is 16.9. The van der Waals surface area contributed by atoms with Crippen LogP contribution in [0.1, 0.15) is 23.7 Å². The Bertz CT molecular complexity index is 787. The fourth-order valence-electron chi connectivity index (χ4n) is 2.49. The Morgan fingerprint density at radius 1 is 1.12 bits per heavy atom. The van der Waals surface area contributed by atoms with Gasteiger partial charge < -0.3 is 4.42 Å². The first-order valence-electron chi connectivity index (χ1n) is 7.81. The molecule has 3 rings (SSSR count). The van der Waals surface area contributed by atoms with Crippen molar-refractivity contribution in [2.75, 3.05) is 0 Å². The van der Waals surface area contributed by atoms with Crippen molar-refractivity contribution in [1.29, 1.82) is 0 Å². The summed E-state index contributed by atoms with van der Waals surface area (Å²) >= 11 is 4.98. The minimum absolute atomic E-state index is 0.0272. The summed E-state index contributed by atoms with van der Waals surface area (Å²) in [6.07, 6.45) is 5.13. The summed E-state index contributed by atoms with van der Waals surface area (Å²) in [5.41, 5.74) is 6.23. The van der Waals surface area contributed by atoms with Crippen LogP contribution in [0.25, 0.3) is 6.08 Å². The summed E-state index contributed by atoms with van der Waals surface area (Å²) in [5.74, 6) is 0.158. The van der Waals surface area contributed by atoms with Gasteiger partial charge >= 0.3 is 0 Å². The monoisotopic (exact) mass is 355 g/mol. The predicted octanol–water partition coefficient (Wildman–Crippen LogP) is 2.12. The molecule has 1 aliphatic carbocycles. The number of hydrogen-bond donors (Lipinski definition) is 3. The molecular weight excluding hydrogens is 338 g/mol. The van der Waals surface area contributed by atoms with Gasteiger partial charge in [0.1, 0.15) is 5.76 Å². The van der Waals surface area contributed by atoms with Gasteiger partial charge in [0.2, 0.25) is 11.8 Å². The maximum absolute atomic E-state index is 12.1. The highest BCUT2D eigenvalue weighted by atomic mass is 32.1. The van der Waals surface area contributed by atoms with Crippen molar-refractivity contribution >= 4 is 35.2 Å². The number of benzene rings is 1. The van der Waals surface area contributed by atoms with Crippen LogP contribution in [0.5, 0.6) is 0 Å². The van der Waals surface area contributed by atoms with Crippen LogP contribution in [-0.4, -0.2) is 16.9 Å². The number of rotatable bonds is 4. The van der Waals surface area contributed by atoms with Crippen LogP contribution in [-0.2, 0) is 9.59 Å². The lowest BCUT2D eigenvalue weighted by Crippen LogP contribution is -2.48. The molecule has 1 fully saturated rings. The van der Waals surface area contributed by atoms with Crippen LogP contribution in [0.4, 0.5) is 0 Å². The molecule has 3 N–H and O–H groups in total. The van der Waals surface area contributed by atoms with E-state index in [2.05, 4.69) is 16.2 Å². The Morgan fingerprint density at radius 2 is 1.92 bits per heavy atom. The summed E-state index contributed by atoms with van der Waals surface area (Å²) in [6, 6.07) is 13.3. The molecular formula is C18H17N3O3S. The molecule has 25 heavy (non-hydrogen) atoms. The highest BCUT2D eigenvalue weighted by Gasteiger charge is 2.43. The molecule has 128 valence electrons. The van der Waals surface area contributed by atoms with Gasteiger partial charge in [-0.25, -0.2) is 0 Å². The van der Waals surface area contributed by atoms with Crippen LogP contribution < -0.4 is 16.2 Å². The van der Waals surface area contributed by atoms with E-state index in [0.29, 0.717) is 5.76 Å². The van der Waals surface area contributed by atoms with E-state index in [1.807, 2.05) is 30.3 Å². The average Bonchev–Trinajstić information content (AvgIpc) is 3.26. The van der Waals surface area contributed by atoms with Gasteiger partial charge in [-0.05, 0) is 48.3 Å². The third-order valence-electron chi connectivity index (χ3n) is 3.83. The molecule has 6 nitrogen and oxygen atoms in total. The van der Waals surface area contributed by atoms with Crippen LogP contribution >= 0.6 is 12.2 Å². The molecule has 1 heterocycles. The van der Waals surface area contributed by atoms with E-state index in [1.165, 1.54) is 18.4 Å². The van der Waals surface area contributed by atoms with Gasteiger partial charge in [0.05, 0.1) is 6.26 Å². The van der Waals surface area contributed by atoms with Gasteiger partial charge in [0, 0.05) is 12.0 Å². The number of thiocarbonyl (C=S) groups is 1. The van der Waals surface area contributed by atoms with Gasteiger partial charge in [-0.1, -0.05) is 30.3 Å². The summed E-state index contributed by atoms with van der Waals surface area (Å²) in [5, 5.41) is 2.47. The van der Waals surface area contributed by atoms with E-state index in [9.17, 15) is 9.59 Å². The Hall–Kier alpha value is -2.93. The third kappa shape index (κ3) is 4.77. The van der Waals surface area contributed by atoms with Crippen molar-refractivity contribution in [3.05, 3.63) is 66.1 Å². The number of nitrogens with one attached hydrogen (secondary N) is 3. The quantitative estimate of drug-likeness (QED) is 0.445. The Kier molecular flexibility index (Phi) is 5.25. The highest BCUT2D eigenvalue weighted by Crippen LogP contribution is 2.47. The normalized spacial score (nSPS) is 18.6. The minimum atomic E-state index is -0.420. The lowest BCUT2D eigenvalue weighted by atomic mass is 10.1. The Balaban J connectivity index is 1.39. The number of carbonyl (C=O) groups excluding carboxylic acids is 2. The first-order valence-corrected chi connectivity index (χ1v) is 8.21. The largest absolute Gasteiger partial charge is 0.465 e. The molecule has 1 aromatic carbocycles. The molecule has 0 saturated heterocycles. The number of hydrogen-bond acceptors (Lipinski definition) is 4. The molecule has 2 amide bonds. The van der Waals surface area contributed by atoms with Gasteiger partial charge in [0.15, 0.2) is 5.11 Å². The van der Waals surface area contributed by atoms with Crippen LogP contribution in [0, 0.1) is 5.92 Å². The molecule has 0 spiro atoms. The number of carbonyl (C=O) groups is 2. The van der Waals surface area contributed by atoms with E-state index in [1.54, 1.807) is 12.1 Å². The lowest BCUT2D eigenvalue weighted by Gasteiger charge is -2.09. The Morgan fingerprint density at radius 3 is 2.64 bits per heavy atom. The highest BCUT2D eigenvalue weighted by molar-refractivity contribution is 7.80. The zero-order chi connectivity index (χ0) is 17.6. The molecule has 1 aliphatic rings. The second kappa shape index (κ2) is 7.76. The molecule has 2 atom stereocenters. The van der Waals surface area contributed by atoms with E-state index >= 15 is 0 Å². The van der Waals surface area contributed by atoms with Gasteiger partial charge in [-0.2, -0.15) is 0 Å². The van der Waals surface area contributed by atoms with Crippen LogP contribution in [0.3, 0.4) is 0 Å². The summed E-state index contributed by atoms with van der Waals surface area (Å²) in [6.45, 7) is 0. The maximum Gasteiger partial charge on any atom is 0.250 e. The van der Waals surface area contributed by atoms with Crippen LogP contribution in [0.15, 0.2) is 59.2 Å². The second-order valence-electron chi connectivity index (χ2n) is 5.64. The van der Waals surface area contributed by atoms with Gasteiger partial charge in [-0.3, -0.25) is 25.8 Å². The maximum atomic E-state index is 12.1. The van der Waals surface area contributed by atoms with E-state index in [4.69, 9.17) is 16.6 Å². The number of amides is 2. The van der Waals surface area contributed by atoms with E-state index in [-0.39, 0.29) is 22.9 Å². The van der Waals surface area contributed by atoms with Gasteiger partial charge in [0.25, 0.3) is 0 Å².